The van der Waals surface area contributed by atoms with Gasteiger partial charge in [0.15, 0.2) is 0 Å². The summed E-state index contributed by atoms with van der Waals surface area (Å²) >= 11 is 2.16. The topological polar surface area (TPSA) is 0 Å². The summed E-state index contributed by atoms with van der Waals surface area (Å²) in [7, 11) is 0. The molecule has 0 N–H and O–H groups in total. The summed E-state index contributed by atoms with van der Waals surface area (Å²) < 4.78 is 0. The van der Waals surface area contributed by atoms with Crippen molar-refractivity contribution in [2.45, 2.75) is 39.5 Å². The maximum Gasteiger partial charge on any atom is 0.00000718 e. The summed E-state index contributed by atoms with van der Waals surface area (Å²) in [6, 6.07) is 0. The lowest BCUT2D eigenvalue weighted by Gasteiger charge is -2.52. The van der Waals surface area contributed by atoms with Gasteiger partial charge in [0.25, 0.3) is 0 Å². The zero-order valence-electron chi connectivity index (χ0n) is 8.31. The lowest BCUT2D eigenvalue weighted by atomic mass is 9.64. The lowest BCUT2D eigenvalue weighted by Crippen LogP contribution is -2.46. The molecule has 70 valence electrons. The molecular weight excluding hydrogens is 164 g/mol. The van der Waals surface area contributed by atoms with Crippen LogP contribution < -0.4 is 0 Å². The van der Waals surface area contributed by atoms with Gasteiger partial charge in [-0.3, -0.25) is 0 Å². The van der Waals surface area contributed by atoms with Gasteiger partial charge in [0.05, 0.1) is 0 Å². The molecule has 1 unspecified atom stereocenters. The molecule has 0 aromatic rings. The molecule has 1 aliphatic heterocycles. The van der Waals surface area contributed by atoms with E-state index in [0.29, 0.717) is 0 Å². The molecule has 0 amide bonds. The maximum atomic E-state index is 2.42. The molecule has 1 saturated carbocycles. The van der Waals surface area contributed by atoms with E-state index in [1.165, 1.54) is 37.2 Å². The summed E-state index contributed by atoms with van der Waals surface area (Å²) in [5.74, 6) is 4.91. The summed E-state index contributed by atoms with van der Waals surface area (Å²) in [5.41, 5.74) is 0.803. The van der Waals surface area contributed by atoms with Crippen molar-refractivity contribution >= 4 is 11.8 Å². The van der Waals surface area contributed by atoms with Gasteiger partial charge in [-0.25, -0.2) is 0 Å². The second-order valence-corrected chi connectivity index (χ2v) is 5.94. The molecule has 0 aromatic carbocycles. The Hall–Kier alpha value is 0.350. The molecule has 0 radical (unpaired) electrons. The van der Waals surface area contributed by atoms with Gasteiger partial charge in [-0.15, -0.1) is 0 Å². The van der Waals surface area contributed by atoms with Crippen molar-refractivity contribution in [1.82, 2.24) is 0 Å². The number of hydrogen-bond donors (Lipinski definition) is 0. The first-order valence-electron chi connectivity index (χ1n) is 5.32. The Morgan fingerprint density at radius 1 is 1.25 bits per heavy atom. The predicted molar refractivity (Wildman–Crippen MR) is 56.6 cm³/mol. The Morgan fingerprint density at radius 3 is 2.42 bits per heavy atom. The largest absolute Gasteiger partial charge is 0.161 e. The second kappa shape index (κ2) is 3.25. The number of thioether (sulfide) groups is 1. The van der Waals surface area contributed by atoms with Gasteiger partial charge >= 0.3 is 0 Å². The smallest absolute Gasteiger partial charge is 0.00000718 e. The van der Waals surface area contributed by atoms with E-state index in [0.717, 1.165) is 17.3 Å². The highest BCUT2D eigenvalue weighted by Gasteiger charge is 2.46. The fourth-order valence-corrected chi connectivity index (χ4v) is 4.54. The average Bonchev–Trinajstić information content (AvgIpc) is 2.01. The Morgan fingerprint density at radius 2 is 2.00 bits per heavy atom. The molecule has 2 aliphatic rings. The van der Waals surface area contributed by atoms with Gasteiger partial charge in [-0.1, -0.05) is 26.7 Å². The van der Waals surface area contributed by atoms with Gasteiger partial charge in [0, 0.05) is 11.5 Å². The van der Waals surface area contributed by atoms with Gasteiger partial charge in [-0.05, 0) is 30.1 Å². The monoisotopic (exact) mass is 184 g/mol. The summed E-state index contributed by atoms with van der Waals surface area (Å²) in [6.07, 6.45) is 6.04. The van der Waals surface area contributed by atoms with Crippen LogP contribution in [0, 0.1) is 17.3 Å². The van der Waals surface area contributed by atoms with E-state index >= 15 is 0 Å². The molecular formula is C11H20S. The van der Waals surface area contributed by atoms with Gasteiger partial charge in [0.1, 0.15) is 0 Å². The van der Waals surface area contributed by atoms with Crippen molar-refractivity contribution in [3.8, 4) is 0 Å². The van der Waals surface area contributed by atoms with E-state index in [-0.39, 0.29) is 0 Å². The minimum absolute atomic E-state index is 0.803. The van der Waals surface area contributed by atoms with Gasteiger partial charge in [-0.2, -0.15) is 11.8 Å². The Kier molecular flexibility index (Phi) is 2.42. The molecule has 2 rings (SSSR count). The molecule has 0 bridgehead atoms. The Balaban J connectivity index is 2.06. The highest BCUT2D eigenvalue weighted by atomic mass is 32.2. The normalized spacial score (nSPS) is 33.8. The third-order valence-electron chi connectivity index (χ3n) is 3.81. The van der Waals surface area contributed by atoms with E-state index in [1.54, 1.807) is 0 Å². The van der Waals surface area contributed by atoms with Crippen molar-refractivity contribution in [2.24, 2.45) is 17.3 Å². The molecule has 1 heterocycles. The van der Waals surface area contributed by atoms with Gasteiger partial charge < -0.3 is 0 Å². The molecule has 1 saturated heterocycles. The third kappa shape index (κ3) is 1.30. The minimum atomic E-state index is 0.803. The third-order valence-corrected chi connectivity index (χ3v) is 5.37. The highest BCUT2D eigenvalue weighted by Crippen LogP contribution is 2.54. The lowest BCUT2D eigenvalue weighted by molar-refractivity contribution is 0.0943. The molecule has 0 aromatic heterocycles. The summed E-state index contributed by atoms with van der Waals surface area (Å²) in [4.78, 5) is 0. The van der Waals surface area contributed by atoms with Crippen LogP contribution in [0.5, 0.6) is 0 Å². The minimum Gasteiger partial charge on any atom is -0.161 e. The van der Waals surface area contributed by atoms with Crippen LogP contribution in [-0.2, 0) is 0 Å². The number of hydrogen-bond acceptors (Lipinski definition) is 1. The Labute approximate surface area is 80.5 Å². The molecule has 0 nitrogen and oxygen atoms in total. The zero-order valence-corrected chi connectivity index (χ0v) is 9.12. The van der Waals surface area contributed by atoms with Crippen LogP contribution in [-0.4, -0.2) is 11.5 Å². The van der Waals surface area contributed by atoms with E-state index in [1.807, 2.05) is 0 Å². The SMILES string of the molecule is CC(C)C1CCCCC12CSC2. The van der Waals surface area contributed by atoms with Crippen LogP contribution in [0.1, 0.15) is 39.5 Å². The fraction of sp³-hybridized carbons (Fsp3) is 1.00. The van der Waals surface area contributed by atoms with E-state index < -0.39 is 0 Å². The van der Waals surface area contributed by atoms with Crippen molar-refractivity contribution in [3.05, 3.63) is 0 Å². The van der Waals surface area contributed by atoms with Crippen LogP contribution in [0.15, 0.2) is 0 Å². The molecule has 2 fully saturated rings. The maximum absolute atomic E-state index is 2.42. The predicted octanol–water partition coefficient (Wildman–Crippen LogP) is 3.57. The van der Waals surface area contributed by atoms with Crippen molar-refractivity contribution in [1.29, 1.82) is 0 Å². The molecule has 1 atom stereocenters. The van der Waals surface area contributed by atoms with Crippen LogP contribution in [0.2, 0.25) is 0 Å². The summed E-state index contributed by atoms with van der Waals surface area (Å²) in [5, 5.41) is 0. The van der Waals surface area contributed by atoms with E-state index in [9.17, 15) is 0 Å². The van der Waals surface area contributed by atoms with Gasteiger partial charge in [0.2, 0.25) is 0 Å². The Bertz CT molecular complexity index is 158. The standard InChI is InChI=1S/C11H20S/c1-9(2)10-5-3-4-6-11(10)7-12-8-11/h9-10H,3-8H2,1-2H3. The molecule has 1 aliphatic carbocycles. The van der Waals surface area contributed by atoms with Crippen LogP contribution in [0.3, 0.4) is 0 Å². The van der Waals surface area contributed by atoms with Crippen LogP contribution in [0.4, 0.5) is 0 Å². The summed E-state index contributed by atoms with van der Waals surface area (Å²) in [6.45, 7) is 4.83. The van der Waals surface area contributed by atoms with Crippen LogP contribution >= 0.6 is 11.8 Å². The van der Waals surface area contributed by atoms with E-state index in [4.69, 9.17) is 0 Å². The number of rotatable bonds is 1. The van der Waals surface area contributed by atoms with Crippen molar-refractivity contribution < 1.29 is 0 Å². The molecule has 1 heteroatoms. The second-order valence-electron chi connectivity index (χ2n) is 4.95. The first kappa shape index (κ1) is 8.93. The molecule has 1 spiro atoms. The fourth-order valence-electron chi connectivity index (χ4n) is 3.10. The average molecular weight is 184 g/mol. The highest BCUT2D eigenvalue weighted by molar-refractivity contribution is 8.00. The molecule has 12 heavy (non-hydrogen) atoms. The van der Waals surface area contributed by atoms with Crippen LogP contribution in [0.25, 0.3) is 0 Å². The first-order chi connectivity index (χ1) is 5.75. The quantitative estimate of drug-likeness (QED) is 0.600. The first-order valence-corrected chi connectivity index (χ1v) is 6.48. The zero-order chi connectivity index (χ0) is 8.60. The van der Waals surface area contributed by atoms with Crippen molar-refractivity contribution in [2.75, 3.05) is 11.5 Å². The van der Waals surface area contributed by atoms with Crippen molar-refractivity contribution in [3.63, 3.8) is 0 Å². The van der Waals surface area contributed by atoms with E-state index in [2.05, 4.69) is 25.6 Å².